The van der Waals surface area contributed by atoms with Gasteiger partial charge in [0.05, 0.1) is 0 Å². The standard InChI is InChI=1S/C5H6S.BH2O2/c1-5-2-3-6-4-5;2-1-3/h2-4H,1H3;2-3H. The van der Waals surface area contributed by atoms with Gasteiger partial charge in [-0.05, 0) is 29.3 Å². The van der Waals surface area contributed by atoms with Crippen LogP contribution in [0.1, 0.15) is 5.56 Å². The van der Waals surface area contributed by atoms with Crippen LogP contribution >= 0.6 is 11.3 Å². The van der Waals surface area contributed by atoms with E-state index in [0.29, 0.717) is 0 Å². The van der Waals surface area contributed by atoms with E-state index in [4.69, 9.17) is 10.0 Å². The summed E-state index contributed by atoms with van der Waals surface area (Å²) in [5.41, 5.74) is 1.36. The normalized spacial score (nSPS) is 7.44. The highest BCUT2D eigenvalue weighted by Crippen LogP contribution is 2.01. The maximum Gasteiger partial charge on any atom is 0.482 e. The first-order chi connectivity index (χ1) is 4.31. The van der Waals surface area contributed by atoms with E-state index >= 15 is 0 Å². The van der Waals surface area contributed by atoms with Crippen LogP contribution in [0.2, 0.25) is 0 Å². The predicted molar refractivity (Wildman–Crippen MR) is 39.2 cm³/mol. The van der Waals surface area contributed by atoms with Crippen LogP contribution in [0, 0.1) is 6.92 Å². The van der Waals surface area contributed by atoms with E-state index < -0.39 is 0 Å². The molecule has 1 rings (SSSR count). The number of hydrogen-bond donors (Lipinski definition) is 2. The van der Waals surface area contributed by atoms with Crippen LogP contribution in [0.3, 0.4) is 0 Å². The van der Waals surface area contributed by atoms with Crippen molar-refractivity contribution in [3.05, 3.63) is 22.4 Å². The van der Waals surface area contributed by atoms with Gasteiger partial charge >= 0.3 is 7.69 Å². The van der Waals surface area contributed by atoms with E-state index in [9.17, 15) is 0 Å². The molecule has 0 spiro atoms. The van der Waals surface area contributed by atoms with Crippen molar-refractivity contribution < 1.29 is 10.0 Å². The van der Waals surface area contributed by atoms with Crippen LogP contribution in [0.4, 0.5) is 0 Å². The number of hydrogen-bond acceptors (Lipinski definition) is 3. The van der Waals surface area contributed by atoms with E-state index in [1.165, 1.54) is 5.56 Å². The third-order valence-electron chi connectivity index (χ3n) is 0.663. The molecule has 0 saturated carbocycles. The predicted octanol–water partition coefficient (Wildman–Crippen LogP) is 0.562. The summed E-state index contributed by atoms with van der Waals surface area (Å²) in [5, 5.41) is 18.2. The van der Waals surface area contributed by atoms with Crippen molar-refractivity contribution in [2.24, 2.45) is 0 Å². The van der Waals surface area contributed by atoms with Crippen LogP contribution in [0.25, 0.3) is 0 Å². The van der Waals surface area contributed by atoms with Gasteiger partial charge in [-0.15, -0.1) is 0 Å². The summed E-state index contributed by atoms with van der Waals surface area (Å²) in [7, 11) is 0. The van der Waals surface area contributed by atoms with Gasteiger partial charge in [0.1, 0.15) is 0 Å². The lowest BCUT2D eigenvalue weighted by Crippen LogP contribution is -1.75. The summed E-state index contributed by atoms with van der Waals surface area (Å²) in [6.07, 6.45) is 0. The zero-order valence-corrected chi connectivity index (χ0v) is 5.93. The number of thiophene rings is 1. The molecule has 0 unspecified atom stereocenters. The molecule has 0 aromatic carbocycles. The van der Waals surface area contributed by atoms with Gasteiger partial charge in [-0.2, -0.15) is 11.3 Å². The minimum atomic E-state index is 0. The van der Waals surface area contributed by atoms with Gasteiger partial charge in [-0.3, -0.25) is 0 Å². The second kappa shape index (κ2) is 5.82. The molecule has 0 aliphatic heterocycles. The zero-order chi connectivity index (χ0) is 7.11. The largest absolute Gasteiger partial charge is 0.482 e. The first-order valence-corrected chi connectivity index (χ1v) is 3.34. The lowest BCUT2D eigenvalue weighted by molar-refractivity contribution is 0.448. The Balaban J connectivity index is 0.000000187. The molecule has 0 aliphatic rings. The van der Waals surface area contributed by atoms with E-state index in [1.807, 2.05) is 0 Å². The zero-order valence-electron chi connectivity index (χ0n) is 5.11. The average molecular weight is 143 g/mol. The van der Waals surface area contributed by atoms with Crippen molar-refractivity contribution in [3.8, 4) is 0 Å². The minimum Gasteiger partial charge on any atom is -0.429 e. The van der Waals surface area contributed by atoms with Crippen molar-refractivity contribution in [3.63, 3.8) is 0 Å². The molecule has 2 N–H and O–H groups in total. The Labute approximate surface area is 59.1 Å². The first-order valence-electron chi connectivity index (χ1n) is 2.40. The lowest BCUT2D eigenvalue weighted by Gasteiger charge is -1.65. The topological polar surface area (TPSA) is 40.5 Å². The third-order valence-corrected chi connectivity index (χ3v) is 1.46. The van der Waals surface area contributed by atoms with Crippen LogP contribution in [-0.2, 0) is 0 Å². The van der Waals surface area contributed by atoms with Gasteiger partial charge in [0.15, 0.2) is 0 Å². The molecule has 1 radical (unpaired) electrons. The van der Waals surface area contributed by atoms with Gasteiger partial charge in [-0.1, -0.05) is 0 Å². The number of aryl methyl sites for hydroxylation is 1. The summed E-state index contributed by atoms with van der Waals surface area (Å²) in [6, 6.07) is 2.10. The lowest BCUT2D eigenvalue weighted by atomic mass is 10.4. The molecule has 49 valence electrons. The molecule has 0 saturated heterocycles. The van der Waals surface area contributed by atoms with E-state index in [2.05, 4.69) is 23.8 Å². The Morgan fingerprint density at radius 1 is 1.56 bits per heavy atom. The quantitative estimate of drug-likeness (QED) is 0.521. The maximum atomic E-state index is 7.00. The Morgan fingerprint density at radius 3 is 2.22 bits per heavy atom. The SMILES string of the molecule is Cc1ccsc1.O[B]O. The molecule has 9 heavy (non-hydrogen) atoms. The second-order valence-electron chi connectivity index (χ2n) is 1.42. The Morgan fingerprint density at radius 2 is 2.11 bits per heavy atom. The molecule has 2 nitrogen and oxygen atoms in total. The molecule has 0 atom stereocenters. The van der Waals surface area contributed by atoms with E-state index in [0.717, 1.165) is 0 Å². The van der Waals surface area contributed by atoms with E-state index in [1.54, 1.807) is 11.3 Å². The van der Waals surface area contributed by atoms with Gasteiger partial charge < -0.3 is 10.0 Å². The van der Waals surface area contributed by atoms with Crippen LogP contribution in [0.15, 0.2) is 16.8 Å². The van der Waals surface area contributed by atoms with Gasteiger partial charge in [0, 0.05) is 0 Å². The fourth-order valence-corrected chi connectivity index (χ4v) is 0.998. The van der Waals surface area contributed by atoms with Crippen LogP contribution < -0.4 is 0 Å². The summed E-state index contributed by atoms with van der Waals surface area (Å²) in [6.45, 7) is 2.09. The highest BCUT2D eigenvalue weighted by molar-refractivity contribution is 7.07. The molecule has 0 bridgehead atoms. The van der Waals surface area contributed by atoms with Crippen molar-refractivity contribution in [2.75, 3.05) is 0 Å². The Bertz CT molecular complexity index is 130. The molecule has 0 fully saturated rings. The van der Waals surface area contributed by atoms with Crippen molar-refractivity contribution in [2.45, 2.75) is 6.92 Å². The fraction of sp³-hybridized carbons (Fsp3) is 0.200. The monoisotopic (exact) mass is 143 g/mol. The fourth-order valence-electron chi connectivity index (χ4n) is 0.333. The Hall–Kier alpha value is -0.315. The summed E-state index contributed by atoms with van der Waals surface area (Å²) in [5.74, 6) is 0. The molecule has 1 aromatic heterocycles. The second-order valence-corrected chi connectivity index (χ2v) is 2.20. The molecule has 4 heteroatoms. The molecule has 0 amide bonds. The Kier molecular flexibility index (Phi) is 5.61. The van der Waals surface area contributed by atoms with Crippen molar-refractivity contribution in [1.82, 2.24) is 0 Å². The molecular weight excluding hydrogens is 135 g/mol. The minimum absolute atomic E-state index is 0. The molecule has 1 aromatic rings. The molecule has 1 heterocycles. The highest BCUT2D eigenvalue weighted by atomic mass is 32.1. The van der Waals surface area contributed by atoms with Crippen LogP contribution in [-0.4, -0.2) is 17.7 Å². The van der Waals surface area contributed by atoms with Crippen molar-refractivity contribution >= 4 is 19.0 Å². The average Bonchev–Trinajstić information content (AvgIpc) is 2.20. The van der Waals surface area contributed by atoms with Gasteiger partial charge in [0.25, 0.3) is 0 Å². The molecule has 0 aliphatic carbocycles. The summed E-state index contributed by atoms with van der Waals surface area (Å²) >= 11 is 1.74. The van der Waals surface area contributed by atoms with Crippen molar-refractivity contribution in [1.29, 1.82) is 0 Å². The van der Waals surface area contributed by atoms with Gasteiger partial charge in [-0.25, -0.2) is 0 Å². The van der Waals surface area contributed by atoms with Gasteiger partial charge in [0.2, 0.25) is 0 Å². The summed E-state index contributed by atoms with van der Waals surface area (Å²) in [4.78, 5) is 0. The molecular formula is C5H8BO2S. The first kappa shape index (κ1) is 8.68. The van der Waals surface area contributed by atoms with Crippen LogP contribution in [0.5, 0.6) is 0 Å². The maximum absolute atomic E-state index is 7.00. The third kappa shape index (κ3) is 5.56. The highest BCUT2D eigenvalue weighted by Gasteiger charge is 1.74. The summed E-state index contributed by atoms with van der Waals surface area (Å²) < 4.78 is 0. The number of rotatable bonds is 0. The smallest absolute Gasteiger partial charge is 0.429 e. The van der Waals surface area contributed by atoms with E-state index in [-0.39, 0.29) is 7.69 Å².